The highest BCUT2D eigenvalue weighted by molar-refractivity contribution is 5.94. The molecule has 1 saturated heterocycles. The molecule has 1 aromatic carbocycles. The molecule has 1 amide bonds. The maximum Gasteiger partial charge on any atom is 0.416 e. The summed E-state index contributed by atoms with van der Waals surface area (Å²) in [6.45, 7) is 0.836. The molecule has 0 spiro atoms. The molecule has 6 nitrogen and oxygen atoms in total. The molecule has 1 aromatic heterocycles. The molecule has 0 N–H and O–H groups in total. The van der Waals surface area contributed by atoms with Crippen molar-refractivity contribution in [2.45, 2.75) is 25.1 Å². The number of hydrogen-bond acceptors (Lipinski definition) is 5. The van der Waals surface area contributed by atoms with Gasteiger partial charge in [0.25, 0.3) is 5.91 Å². The number of carbonyl (C=O) groups is 1. The molecule has 9 heteroatoms. The number of alkyl halides is 3. The van der Waals surface area contributed by atoms with Crippen LogP contribution in [0.2, 0.25) is 0 Å². The molecule has 3 rings (SSSR count). The van der Waals surface area contributed by atoms with E-state index in [1.165, 1.54) is 31.6 Å². The predicted molar refractivity (Wildman–Crippen MR) is 89.6 cm³/mol. The minimum atomic E-state index is -4.43. The number of piperidine rings is 1. The Hall–Kier alpha value is -2.84. The van der Waals surface area contributed by atoms with Crippen LogP contribution in [0.1, 0.15) is 28.8 Å². The first kappa shape index (κ1) is 18.9. The summed E-state index contributed by atoms with van der Waals surface area (Å²) in [4.78, 5) is 22.3. The number of ether oxygens (including phenoxy) is 2. The van der Waals surface area contributed by atoms with Gasteiger partial charge in [-0.3, -0.25) is 9.78 Å². The normalized spacial score (nSPS) is 17.5. The van der Waals surface area contributed by atoms with Crippen LogP contribution in [0, 0.1) is 0 Å². The van der Waals surface area contributed by atoms with Crippen molar-refractivity contribution in [3.05, 3.63) is 47.8 Å². The molecular weight excluding hydrogens is 363 g/mol. The first-order chi connectivity index (χ1) is 12.9. The van der Waals surface area contributed by atoms with E-state index in [0.717, 1.165) is 18.6 Å². The highest BCUT2D eigenvalue weighted by Gasteiger charge is 2.31. The Morgan fingerprint density at radius 1 is 1.19 bits per heavy atom. The van der Waals surface area contributed by atoms with Crippen molar-refractivity contribution in [2.24, 2.45) is 0 Å². The lowest BCUT2D eigenvalue weighted by atomic mass is 10.1. The van der Waals surface area contributed by atoms with Gasteiger partial charge in [0.05, 0.1) is 31.6 Å². The van der Waals surface area contributed by atoms with E-state index in [4.69, 9.17) is 9.47 Å². The molecule has 0 bridgehead atoms. The van der Waals surface area contributed by atoms with E-state index in [2.05, 4.69) is 9.97 Å². The Bertz CT molecular complexity index is 796. The fourth-order valence-electron chi connectivity index (χ4n) is 2.86. The van der Waals surface area contributed by atoms with Crippen LogP contribution in [-0.2, 0) is 6.18 Å². The van der Waals surface area contributed by atoms with Gasteiger partial charge in [-0.1, -0.05) is 0 Å². The third kappa shape index (κ3) is 4.66. The lowest BCUT2D eigenvalue weighted by Gasteiger charge is -2.32. The largest absolute Gasteiger partial charge is 0.480 e. The van der Waals surface area contributed by atoms with E-state index in [1.807, 2.05) is 0 Å². The van der Waals surface area contributed by atoms with Crippen LogP contribution >= 0.6 is 0 Å². The molecule has 1 aliphatic rings. The van der Waals surface area contributed by atoms with Gasteiger partial charge in [0.15, 0.2) is 0 Å². The first-order valence-electron chi connectivity index (χ1n) is 8.36. The van der Waals surface area contributed by atoms with Gasteiger partial charge in [-0.2, -0.15) is 18.2 Å². The fourth-order valence-corrected chi connectivity index (χ4v) is 2.86. The van der Waals surface area contributed by atoms with Crippen molar-refractivity contribution in [3.8, 4) is 11.8 Å². The SMILES string of the molecule is COc1cncc(OC2CCCN(C(=O)c3ccc(C(F)(F)F)cc3)C2)n1. The molecule has 1 unspecified atom stereocenters. The molecule has 1 fully saturated rings. The molecule has 0 aliphatic carbocycles. The number of aromatic nitrogens is 2. The molecule has 0 saturated carbocycles. The van der Waals surface area contributed by atoms with E-state index >= 15 is 0 Å². The molecule has 144 valence electrons. The summed E-state index contributed by atoms with van der Waals surface area (Å²) >= 11 is 0. The number of likely N-dealkylation sites (tertiary alicyclic amines) is 1. The second kappa shape index (κ2) is 7.81. The van der Waals surface area contributed by atoms with E-state index in [-0.39, 0.29) is 17.6 Å². The Morgan fingerprint density at radius 2 is 1.89 bits per heavy atom. The zero-order valence-corrected chi connectivity index (χ0v) is 14.6. The monoisotopic (exact) mass is 381 g/mol. The lowest BCUT2D eigenvalue weighted by molar-refractivity contribution is -0.137. The predicted octanol–water partition coefficient (Wildman–Crippen LogP) is 3.19. The van der Waals surface area contributed by atoms with Gasteiger partial charge in [-0.25, -0.2) is 0 Å². The van der Waals surface area contributed by atoms with Crippen LogP contribution < -0.4 is 9.47 Å². The first-order valence-corrected chi connectivity index (χ1v) is 8.36. The quantitative estimate of drug-likeness (QED) is 0.814. The van der Waals surface area contributed by atoms with Gasteiger partial charge in [0, 0.05) is 12.1 Å². The Kier molecular flexibility index (Phi) is 5.48. The summed E-state index contributed by atoms with van der Waals surface area (Å²) in [5.74, 6) is 0.290. The highest BCUT2D eigenvalue weighted by atomic mass is 19.4. The van der Waals surface area contributed by atoms with E-state index in [0.29, 0.717) is 31.3 Å². The number of amides is 1. The lowest BCUT2D eigenvalue weighted by Crippen LogP contribution is -2.44. The van der Waals surface area contributed by atoms with Gasteiger partial charge in [0.2, 0.25) is 11.8 Å². The molecule has 0 radical (unpaired) electrons. The summed E-state index contributed by atoms with van der Waals surface area (Å²) in [6.07, 6.45) is -0.348. The third-order valence-electron chi connectivity index (χ3n) is 4.21. The summed E-state index contributed by atoms with van der Waals surface area (Å²) in [5.41, 5.74) is -0.569. The van der Waals surface area contributed by atoms with Gasteiger partial charge in [-0.15, -0.1) is 0 Å². The average molecular weight is 381 g/mol. The fraction of sp³-hybridized carbons (Fsp3) is 0.389. The number of nitrogens with zero attached hydrogens (tertiary/aromatic N) is 3. The third-order valence-corrected chi connectivity index (χ3v) is 4.21. The molecule has 1 aliphatic heterocycles. The van der Waals surface area contributed by atoms with Crippen molar-refractivity contribution < 1.29 is 27.4 Å². The van der Waals surface area contributed by atoms with Crippen LogP contribution in [0.5, 0.6) is 11.8 Å². The summed E-state index contributed by atoms with van der Waals surface area (Å²) in [5, 5.41) is 0. The summed E-state index contributed by atoms with van der Waals surface area (Å²) in [7, 11) is 1.47. The number of halogens is 3. The Balaban J connectivity index is 1.65. The topological polar surface area (TPSA) is 64.6 Å². The van der Waals surface area contributed by atoms with Crippen LogP contribution in [0.15, 0.2) is 36.7 Å². The minimum absolute atomic E-state index is 0.213. The standard InChI is InChI=1S/C18H18F3N3O3/c1-26-15-9-22-10-16(23-15)27-14-3-2-8-24(11-14)17(25)12-4-6-13(7-5-12)18(19,20)21/h4-7,9-10,14H,2-3,8,11H2,1H3. The smallest absolute Gasteiger partial charge is 0.416 e. The molecule has 2 aromatic rings. The zero-order valence-electron chi connectivity index (χ0n) is 14.6. The summed E-state index contributed by atoms with van der Waals surface area (Å²) in [6, 6.07) is 4.22. The van der Waals surface area contributed by atoms with E-state index < -0.39 is 11.7 Å². The highest BCUT2D eigenvalue weighted by Crippen LogP contribution is 2.29. The number of carbonyl (C=O) groups excluding carboxylic acids is 1. The van der Waals surface area contributed by atoms with Crippen LogP contribution in [-0.4, -0.2) is 47.1 Å². The van der Waals surface area contributed by atoms with Gasteiger partial charge >= 0.3 is 6.18 Å². The number of hydrogen-bond donors (Lipinski definition) is 0. The van der Waals surface area contributed by atoms with Crippen molar-refractivity contribution >= 4 is 5.91 Å². The Morgan fingerprint density at radius 3 is 2.56 bits per heavy atom. The average Bonchev–Trinajstić information content (AvgIpc) is 2.67. The molecule has 2 heterocycles. The molecule has 27 heavy (non-hydrogen) atoms. The summed E-state index contributed by atoms with van der Waals surface area (Å²) < 4.78 is 48.7. The van der Waals surface area contributed by atoms with E-state index in [9.17, 15) is 18.0 Å². The van der Waals surface area contributed by atoms with Gasteiger partial charge < -0.3 is 14.4 Å². The van der Waals surface area contributed by atoms with Gasteiger partial charge in [-0.05, 0) is 37.1 Å². The van der Waals surface area contributed by atoms with Crippen molar-refractivity contribution in [1.29, 1.82) is 0 Å². The van der Waals surface area contributed by atoms with Crippen molar-refractivity contribution in [1.82, 2.24) is 14.9 Å². The molecule has 1 atom stereocenters. The van der Waals surface area contributed by atoms with E-state index in [1.54, 1.807) is 4.90 Å². The zero-order chi connectivity index (χ0) is 19.4. The number of benzene rings is 1. The second-order valence-electron chi connectivity index (χ2n) is 6.11. The maximum absolute atomic E-state index is 12.7. The van der Waals surface area contributed by atoms with Crippen LogP contribution in [0.3, 0.4) is 0 Å². The van der Waals surface area contributed by atoms with Crippen molar-refractivity contribution in [2.75, 3.05) is 20.2 Å². The van der Waals surface area contributed by atoms with Gasteiger partial charge in [0.1, 0.15) is 6.10 Å². The maximum atomic E-state index is 12.7. The Labute approximate surface area is 153 Å². The second-order valence-corrected chi connectivity index (χ2v) is 6.11. The number of rotatable bonds is 4. The van der Waals surface area contributed by atoms with Crippen LogP contribution in [0.4, 0.5) is 13.2 Å². The minimum Gasteiger partial charge on any atom is -0.480 e. The van der Waals surface area contributed by atoms with Crippen LogP contribution in [0.25, 0.3) is 0 Å². The molecular formula is C18H18F3N3O3. The number of methoxy groups -OCH3 is 1. The van der Waals surface area contributed by atoms with Crippen molar-refractivity contribution in [3.63, 3.8) is 0 Å².